The Morgan fingerprint density at radius 3 is 2.32 bits per heavy atom. The molecule has 6 heteroatoms. The maximum atomic E-state index is 13.7. The number of hydrogen-bond acceptors (Lipinski definition) is 5. The minimum Gasteiger partial charge on any atom is -0.368 e. The number of piperazine rings is 1. The van der Waals surface area contributed by atoms with Crippen LogP contribution in [0, 0.1) is 5.82 Å². The van der Waals surface area contributed by atoms with E-state index in [1.165, 1.54) is 19.1 Å². The number of rotatable bonds is 3. The Kier molecular flexibility index (Phi) is 4.00. The molecule has 0 N–H and O–H groups in total. The van der Waals surface area contributed by atoms with Crippen LogP contribution < -0.4 is 9.80 Å². The first-order valence-electron chi connectivity index (χ1n) is 7.22. The summed E-state index contributed by atoms with van der Waals surface area (Å²) in [5.74, 6) is 0.208. The standard InChI is InChI=1S/C16H17FN4O/c1-12(22)13-9-14(17)11-15(10-13)20-5-7-21(8-6-20)16-18-3-2-4-19-16/h2-4,9-11H,5-8H2,1H3. The van der Waals surface area contributed by atoms with E-state index in [4.69, 9.17) is 0 Å². The van der Waals surface area contributed by atoms with Crippen molar-refractivity contribution in [2.45, 2.75) is 6.92 Å². The van der Waals surface area contributed by atoms with Crippen molar-refractivity contribution in [2.75, 3.05) is 36.0 Å². The average Bonchev–Trinajstić information content (AvgIpc) is 2.55. The third-order valence-electron chi connectivity index (χ3n) is 3.77. The predicted molar refractivity (Wildman–Crippen MR) is 82.9 cm³/mol. The first-order chi connectivity index (χ1) is 10.6. The van der Waals surface area contributed by atoms with Crippen molar-refractivity contribution < 1.29 is 9.18 Å². The van der Waals surface area contributed by atoms with Gasteiger partial charge < -0.3 is 9.80 Å². The van der Waals surface area contributed by atoms with Crippen molar-refractivity contribution in [3.63, 3.8) is 0 Å². The molecule has 3 rings (SSSR count). The fraction of sp³-hybridized carbons (Fsp3) is 0.312. The van der Waals surface area contributed by atoms with Crippen LogP contribution >= 0.6 is 0 Å². The summed E-state index contributed by atoms with van der Waals surface area (Å²) in [6, 6.07) is 6.29. The van der Waals surface area contributed by atoms with Crippen LogP contribution in [0.1, 0.15) is 17.3 Å². The molecule has 114 valence electrons. The summed E-state index contributed by atoms with van der Waals surface area (Å²) in [5, 5.41) is 0. The molecule has 22 heavy (non-hydrogen) atoms. The average molecular weight is 300 g/mol. The van der Waals surface area contributed by atoms with Gasteiger partial charge in [0.15, 0.2) is 5.78 Å². The van der Waals surface area contributed by atoms with E-state index in [0.29, 0.717) is 11.5 Å². The van der Waals surface area contributed by atoms with Crippen molar-refractivity contribution in [1.82, 2.24) is 9.97 Å². The molecule has 2 heterocycles. The highest BCUT2D eigenvalue weighted by Crippen LogP contribution is 2.21. The van der Waals surface area contributed by atoms with Gasteiger partial charge in [-0.15, -0.1) is 0 Å². The number of carbonyl (C=O) groups excluding carboxylic acids is 1. The molecular weight excluding hydrogens is 283 g/mol. The van der Waals surface area contributed by atoms with Crippen molar-refractivity contribution in [3.8, 4) is 0 Å². The number of aromatic nitrogens is 2. The van der Waals surface area contributed by atoms with Crippen molar-refractivity contribution in [1.29, 1.82) is 0 Å². The van der Waals surface area contributed by atoms with E-state index >= 15 is 0 Å². The summed E-state index contributed by atoms with van der Waals surface area (Å²) in [4.78, 5) is 24.1. The van der Waals surface area contributed by atoms with E-state index in [9.17, 15) is 9.18 Å². The van der Waals surface area contributed by atoms with Crippen molar-refractivity contribution in [3.05, 3.63) is 48.0 Å². The van der Waals surface area contributed by atoms with E-state index in [2.05, 4.69) is 19.8 Å². The number of hydrogen-bond donors (Lipinski definition) is 0. The van der Waals surface area contributed by atoms with Crippen LogP contribution in [-0.2, 0) is 0 Å². The Morgan fingerprint density at radius 1 is 1.05 bits per heavy atom. The van der Waals surface area contributed by atoms with E-state index < -0.39 is 0 Å². The Hall–Kier alpha value is -2.50. The molecule has 0 spiro atoms. The van der Waals surface area contributed by atoms with Gasteiger partial charge in [-0.1, -0.05) is 0 Å². The highest BCUT2D eigenvalue weighted by Gasteiger charge is 2.20. The fourth-order valence-corrected chi connectivity index (χ4v) is 2.58. The summed E-state index contributed by atoms with van der Waals surface area (Å²) >= 11 is 0. The number of ketones is 1. The summed E-state index contributed by atoms with van der Waals surface area (Å²) in [6.45, 7) is 4.44. The summed E-state index contributed by atoms with van der Waals surface area (Å²) in [7, 11) is 0. The predicted octanol–water partition coefficient (Wildman–Crippen LogP) is 2.14. The Balaban J connectivity index is 1.73. The molecular formula is C16H17FN4O. The minimum absolute atomic E-state index is 0.128. The minimum atomic E-state index is -0.378. The lowest BCUT2D eigenvalue weighted by atomic mass is 10.1. The van der Waals surface area contributed by atoms with E-state index in [-0.39, 0.29) is 11.6 Å². The Bertz CT molecular complexity index is 669. The molecule has 0 radical (unpaired) electrons. The molecule has 1 fully saturated rings. The summed E-state index contributed by atoms with van der Waals surface area (Å²) in [5.41, 5.74) is 1.16. The number of anilines is 2. The van der Waals surface area contributed by atoms with Crippen LogP contribution in [0.3, 0.4) is 0 Å². The molecule has 5 nitrogen and oxygen atoms in total. The molecule has 2 aromatic rings. The smallest absolute Gasteiger partial charge is 0.225 e. The van der Waals surface area contributed by atoms with Crippen LogP contribution in [0.25, 0.3) is 0 Å². The second kappa shape index (κ2) is 6.09. The summed E-state index contributed by atoms with van der Waals surface area (Å²) < 4.78 is 13.7. The number of nitrogens with zero attached hydrogens (tertiary/aromatic N) is 4. The highest BCUT2D eigenvalue weighted by molar-refractivity contribution is 5.95. The van der Waals surface area contributed by atoms with Gasteiger partial charge in [-0.05, 0) is 31.2 Å². The topological polar surface area (TPSA) is 49.3 Å². The first kappa shape index (κ1) is 14.4. The molecule has 0 aliphatic carbocycles. The second-order valence-electron chi connectivity index (χ2n) is 5.28. The lowest BCUT2D eigenvalue weighted by Crippen LogP contribution is -2.47. The molecule has 0 saturated carbocycles. The van der Waals surface area contributed by atoms with Crippen LogP contribution in [0.5, 0.6) is 0 Å². The molecule has 0 bridgehead atoms. The van der Waals surface area contributed by atoms with Crippen molar-refractivity contribution in [2.24, 2.45) is 0 Å². The maximum Gasteiger partial charge on any atom is 0.225 e. The molecule has 1 aliphatic rings. The van der Waals surface area contributed by atoms with E-state index in [0.717, 1.165) is 31.9 Å². The van der Waals surface area contributed by atoms with Gasteiger partial charge in [0, 0.05) is 49.8 Å². The van der Waals surface area contributed by atoms with E-state index in [1.54, 1.807) is 24.5 Å². The first-order valence-corrected chi connectivity index (χ1v) is 7.22. The molecule has 1 aliphatic heterocycles. The lowest BCUT2D eigenvalue weighted by molar-refractivity contribution is 0.101. The van der Waals surface area contributed by atoms with Gasteiger partial charge >= 0.3 is 0 Å². The second-order valence-corrected chi connectivity index (χ2v) is 5.28. The number of Topliss-reactive ketones (excluding diaryl/α,β-unsaturated/α-hetero) is 1. The third kappa shape index (κ3) is 3.05. The zero-order valence-corrected chi connectivity index (χ0v) is 12.4. The number of halogens is 1. The monoisotopic (exact) mass is 300 g/mol. The van der Waals surface area contributed by atoms with Gasteiger partial charge in [0.2, 0.25) is 5.95 Å². The van der Waals surface area contributed by atoms with Crippen molar-refractivity contribution >= 4 is 17.4 Å². The SMILES string of the molecule is CC(=O)c1cc(F)cc(N2CCN(c3ncccn3)CC2)c1. The van der Waals surface area contributed by atoms with Gasteiger partial charge in [-0.25, -0.2) is 14.4 Å². The third-order valence-corrected chi connectivity index (χ3v) is 3.77. The number of carbonyl (C=O) groups is 1. The van der Waals surface area contributed by atoms with Crippen LogP contribution in [-0.4, -0.2) is 41.9 Å². The van der Waals surface area contributed by atoms with Gasteiger partial charge in [0.25, 0.3) is 0 Å². The normalized spacial score (nSPS) is 15.0. The molecule has 0 amide bonds. The Morgan fingerprint density at radius 2 is 1.68 bits per heavy atom. The van der Waals surface area contributed by atoms with Gasteiger partial charge in [0.05, 0.1) is 0 Å². The zero-order valence-electron chi connectivity index (χ0n) is 12.4. The van der Waals surface area contributed by atoms with Crippen LogP contribution in [0.2, 0.25) is 0 Å². The molecule has 1 saturated heterocycles. The summed E-state index contributed by atoms with van der Waals surface area (Å²) in [6.07, 6.45) is 3.45. The largest absolute Gasteiger partial charge is 0.368 e. The lowest BCUT2D eigenvalue weighted by Gasteiger charge is -2.36. The molecule has 1 aromatic heterocycles. The van der Waals surface area contributed by atoms with Crippen LogP contribution in [0.4, 0.5) is 16.0 Å². The molecule has 0 atom stereocenters. The molecule has 1 aromatic carbocycles. The van der Waals surface area contributed by atoms with Gasteiger partial charge in [0.1, 0.15) is 5.82 Å². The zero-order chi connectivity index (χ0) is 15.5. The highest BCUT2D eigenvalue weighted by atomic mass is 19.1. The van der Waals surface area contributed by atoms with Gasteiger partial charge in [-0.3, -0.25) is 4.79 Å². The fourth-order valence-electron chi connectivity index (χ4n) is 2.58. The van der Waals surface area contributed by atoms with Gasteiger partial charge in [-0.2, -0.15) is 0 Å². The Labute approximate surface area is 128 Å². The maximum absolute atomic E-state index is 13.7. The number of benzene rings is 1. The quantitative estimate of drug-likeness (QED) is 0.813. The molecule has 0 unspecified atom stereocenters. The van der Waals surface area contributed by atoms with E-state index in [1.807, 2.05) is 0 Å². The van der Waals surface area contributed by atoms with Crippen LogP contribution in [0.15, 0.2) is 36.7 Å².